The maximum Gasteiger partial charge on any atom is 0.309 e. The molecule has 1 saturated heterocycles. The Bertz CT molecular complexity index is 759. The quantitative estimate of drug-likeness (QED) is 0.237. The number of likely N-dealkylation sites (tertiary alicyclic amines) is 1. The van der Waals surface area contributed by atoms with Crippen molar-refractivity contribution in [2.45, 2.75) is 52.5 Å². The maximum atomic E-state index is 12.2. The van der Waals surface area contributed by atoms with Gasteiger partial charge in [0, 0.05) is 31.2 Å². The van der Waals surface area contributed by atoms with Crippen LogP contribution in [0.2, 0.25) is 0 Å². The monoisotopic (exact) mass is 542 g/mol. The fraction of sp³-hybridized carbons (Fsp3) is 0.609. The Morgan fingerprint density at radius 1 is 1.13 bits per heavy atom. The van der Waals surface area contributed by atoms with Gasteiger partial charge in [0.15, 0.2) is 5.96 Å². The predicted octanol–water partition coefficient (Wildman–Crippen LogP) is 3.78. The number of piperidine rings is 1. The van der Waals surface area contributed by atoms with Crippen LogP contribution in [0.25, 0.3) is 0 Å². The summed E-state index contributed by atoms with van der Waals surface area (Å²) in [6.07, 6.45) is 4.71. The van der Waals surface area contributed by atoms with E-state index < -0.39 is 0 Å². The number of halogens is 1. The zero-order chi connectivity index (χ0) is 21.3. The minimum Gasteiger partial charge on any atom is -0.466 e. The van der Waals surface area contributed by atoms with E-state index in [-0.39, 0.29) is 47.7 Å². The topological polar surface area (TPSA) is 83.0 Å². The lowest BCUT2D eigenvalue weighted by atomic mass is 9.85. The van der Waals surface area contributed by atoms with Gasteiger partial charge in [-0.1, -0.05) is 18.6 Å². The zero-order valence-electron chi connectivity index (χ0n) is 18.6. The van der Waals surface area contributed by atoms with Crippen LogP contribution in [0, 0.1) is 11.8 Å². The van der Waals surface area contributed by atoms with E-state index in [2.05, 4.69) is 22.5 Å². The van der Waals surface area contributed by atoms with Crippen LogP contribution in [-0.4, -0.2) is 49.0 Å². The molecule has 0 radical (unpaired) electrons. The number of hydrogen-bond acceptors (Lipinski definition) is 4. The van der Waals surface area contributed by atoms with Gasteiger partial charge < -0.3 is 20.3 Å². The van der Waals surface area contributed by atoms with Crippen molar-refractivity contribution in [3.8, 4) is 0 Å². The van der Waals surface area contributed by atoms with Crippen molar-refractivity contribution < 1.29 is 14.3 Å². The predicted molar refractivity (Wildman–Crippen MR) is 134 cm³/mol. The van der Waals surface area contributed by atoms with Gasteiger partial charge in [-0.25, -0.2) is 4.99 Å². The highest BCUT2D eigenvalue weighted by molar-refractivity contribution is 14.0. The summed E-state index contributed by atoms with van der Waals surface area (Å²) in [5.74, 6) is 1.06. The highest BCUT2D eigenvalue weighted by atomic mass is 127. The minimum atomic E-state index is -0.0835. The van der Waals surface area contributed by atoms with Crippen LogP contribution in [0.1, 0.15) is 51.5 Å². The van der Waals surface area contributed by atoms with Crippen LogP contribution in [0.3, 0.4) is 0 Å². The Kier molecular flexibility index (Phi) is 10.6. The number of amides is 1. The van der Waals surface area contributed by atoms with E-state index in [0.29, 0.717) is 13.2 Å². The summed E-state index contributed by atoms with van der Waals surface area (Å²) in [4.78, 5) is 31.2. The van der Waals surface area contributed by atoms with Crippen molar-refractivity contribution in [3.05, 3.63) is 29.8 Å². The molecule has 1 aromatic carbocycles. The van der Waals surface area contributed by atoms with Crippen LogP contribution in [0.4, 0.5) is 5.69 Å². The van der Waals surface area contributed by atoms with Crippen molar-refractivity contribution in [2.24, 2.45) is 16.8 Å². The van der Waals surface area contributed by atoms with Gasteiger partial charge in [0.2, 0.25) is 5.91 Å². The summed E-state index contributed by atoms with van der Waals surface area (Å²) in [7, 11) is 0. The van der Waals surface area contributed by atoms with E-state index in [1.165, 1.54) is 0 Å². The number of nitrogens with one attached hydrogen (secondary N) is 2. The van der Waals surface area contributed by atoms with E-state index in [4.69, 9.17) is 9.73 Å². The molecule has 0 aromatic heterocycles. The second kappa shape index (κ2) is 12.9. The third kappa shape index (κ3) is 7.36. The van der Waals surface area contributed by atoms with Crippen LogP contribution >= 0.6 is 24.0 Å². The molecule has 0 unspecified atom stereocenters. The Morgan fingerprint density at radius 2 is 1.87 bits per heavy atom. The highest BCUT2D eigenvalue weighted by Gasteiger charge is 2.27. The lowest BCUT2D eigenvalue weighted by molar-refractivity contribution is -0.149. The molecule has 1 heterocycles. The fourth-order valence-electron chi connectivity index (χ4n) is 3.84. The number of esters is 1. The molecule has 0 atom stereocenters. The Labute approximate surface area is 202 Å². The van der Waals surface area contributed by atoms with Gasteiger partial charge >= 0.3 is 5.97 Å². The summed E-state index contributed by atoms with van der Waals surface area (Å²) in [6, 6.07) is 7.91. The molecular formula is C23H35IN4O3. The van der Waals surface area contributed by atoms with E-state index in [9.17, 15) is 9.59 Å². The Morgan fingerprint density at radius 3 is 2.48 bits per heavy atom. The summed E-state index contributed by atoms with van der Waals surface area (Å²) >= 11 is 0. The average molecular weight is 542 g/mol. The van der Waals surface area contributed by atoms with Gasteiger partial charge in [-0.15, -0.1) is 24.0 Å². The lowest BCUT2D eigenvalue weighted by Crippen LogP contribution is -2.46. The normalized spacial score (nSPS) is 17.4. The molecule has 2 fully saturated rings. The first kappa shape index (κ1) is 25.4. The summed E-state index contributed by atoms with van der Waals surface area (Å²) in [6.45, 7) is 7.22. The maximum absolute atomic E-state index is 12.2. The number of nitrogens with zero attached hydrogens (tertiary/aromatic N) is 2. The van der Waals surface area contributed by atoms with Gasteiger partial charge in [-0.2, -0.15) is 0 Å². The molecule has 31 heavy (non-hydrogen) atoms. The minimum absolute atomic E-state index is 0. The third-order valence-electron chi connectivity index (χ3n) is 5.83. The standard InChI is InChI=1S/C23H34N4O3.HI/c1-3-24-23(27-13-11-19(12-14-27)22(29)30-4-2)25-16-17-7-5-10-20(15-17)26-21(28)18-8-6-9-18;/h5,7,10,15,18-19H,3-4,6,8-9,11-14,16H2,1-2H3,(H,24,25)(H,26,28);1H. The summed E-state index contributed by atoms with van der Waals surface area (Å²) < 4.78 is 5.16. The first-order valence-electron chi connectivity index (χ1n) is 11.2. The van der Waals surface area contributed by atoms with Gasteiger partial charge in [-0.3, -0.25) is 9.59 Å². The molecule has 1 aromatic rings. The van der Waals surface area contributed by atoms with E-state index in [1.54, 1.807) is 0 Å². The van der Waals surface area contributed by atoms with Crippen molar-refractivity contribution in [3.63, 3.8) is 0 Å². The molecule has 2 aliphatic rings. The first-order valence-corrected chi connectivity index (χ1v) is 11.2. The van der Waals surface area contributed by atoms with Crippen molar-refractivity contribution in [2.75, 3.05) is 31.6 Å². The van der Waals surface area contributed by atoms with Crippen LogP contribution in [-0.2, 0) is 20.9 Å². The number of rotatable bonds is 7. The largest absolute Gasteiger partial charge is 0.466 e. The number of ether oxygens (including phenoxy) is 1. The van der Waals surface area contributed by atoms with E-state index in [1.807, 2.05) is 31.2 Å². The molecule has 1 amide bonds. The van der Waals surface area contributed by atoms with Crippen molar-refractivity contribution in [1.29, 1.82) is 0 Å². The Hall–Kier alpha value is -1.84. The number of benzene rings is 1. The molecule has 0 bridgehead atoms. The van der Waals surface area contributed by atoms with Crippen LogP contribution in [0.15, 0.2) is 29.3 Å². The summed E-state index contributed by atoms with van der Waals surface area (Å²) in [5.41, 5.74) is 1.89. The molecule has 1 aliphatic heterocycles. The molecule has 0 spiro atoms. The molecule has 172 valence electrons. The van der Waals surface area contributed by atoms with Crippen molar-refractivity contribution >= 4 is 47.5 Å². The molecule has 3 rings (SSSR count). The number of aliphatic imine (C=N–C) groups is 1. The summed E-state index contributed by atoms with van der Waals surface area (Å²) in [5, 5.41) is 6.39. The molecule has 8 heteroatoms. The molecule has 1 saturated carbocycles. The second-order valence-corrected chi connectivity index (χ2v) is 8.00. The van der Waals surface area contributed by atoms with Gasteiger partial charge in [0.05, 0.1) is 19.1 Å². The first-order chi connectivity index (χ1) is 14.6. The number of carbonyl (C=O) groups is 2. The number of carbonyl (C=O) groups excluding carboxylic acids is 2. The number of anilines is 1. The smallest absolute Gasteiger partial charge is 0.309 e. The van der Waals surface area contributed by atoms with Gasteiger partial charge in [-0.05, 0) is 57.2 Å². The van der Waals surface area contributed by atoms with Gasteiger partial charge in [0.1, 0.15) is 0 Å². The van der Waals surface area contributed by atoms with Crippen LogP contribution in [0.5, 0.6) is 0 Å². The van der Waals surface area contributed by atoms with Crippen molar-refractivity contribution in [1.82, 2.24) is 10.2 Å². The second-order valence-electron chi connectivity index (χ2n) is 8.00. The fourth-order valence-corrected chi connectivity index (χ4v) is 3.84. The average Bonchev–Trinajstić information content (AvgIpc) is 2.70. The Balaban J connectivity index is 0.00000341. The number of guanidine groups is 1. The highest BCUT2D eigenvalue weighted by Crippen LogP contribution is 2.27. The van der Waals surface area contributed by atoms with Gasteiger partial charge in [0.25, 0.3) is 0 Å². The SMILES string of the molecule is CCNC(=NCc1cccc(NC(=O)C2CCC2)c1)N1CCC(C(=O)OCC)CC1.I. The zero-order valence-corrected chi connectivity index (χ0v) is 20.9. The lowest BCUT2D eigenvalue weighted by Gasteiger charge is -2.33. The third-order valence-corrected chi connectivity index (χ3v) is 5.83. The molecule has 1 aliphatic carbocycles. The molecule has 2 N–H and O–H groups in total. The van der Waals surface area contributed by atoms with Crippen LogP contribution < -0.4 is 10.6 Å². The van der Waals surface area contributed by atoms with E-state index in [0.717, 1.165) is 68.9 Å². The molecule has 7 nitrogen and oxygen atoms in total. The van der Waals surface area contributed by atoms with E-state index >= 15 is 0 Å². The molecular weight excluding hydrogens is 507 g/mol. The number of hydrogen-bond donors (Lipinski definition) is 2.